The minimum absolute atomic E-state index is 0.220. The maximum atomic E-state index is 12.2. The molecule has 1 aliphatic carbocycles. The normalized spacial score (nSPS) is 23.8. The average molecular weight is 326 g/mol. The molecule has 1 aliphatic rings. The van der Waals surface area contributed by atoms with Gasteiger partial charge in [-0.3, -0.25) is 9.59 Å². The summed E-state index contributed by atoms with van der Waals surface area (Å²) in [6.07, 6.45) is 0. The van der Waals surface area contributed by atoms with E-state index in [0.29, 0.717) is 0 Å². The first-order chi connectivity index (χ1) is 8.75. The van der Waals surface area contributed by atoms with Crippen LogP contribution in [0.2, 0.25) is 0 Å². The van der Waals surface area contributed by atoms with Crippen LogP contribution in [-0.4, -0.2) is 17.0 Å². The number of rotatable bonds is 3. The second-order valence-corrected chi connectivity index (χ2v) is 6.48. The molecule has 0 bridgehead atoms. The molecular weight excluding hydrogens is 310 g/mol. The van der Waals surface area contributed by atoms with Crippen LogP contribution in [0, 0.1) is 24.2 Å². The third-order valence-electron chi connectivity index (χ3n) is 3.82. The van der Waals surface area contributed by atoms with Gasteiger partial charge in [-0.2, -0.15) is 0 Å². The smallest absolute Gasteiger partial charge is 0.307 e. The molecule has 0 aromatic heterocycles. The van der Waals surface area contributed by atoms with Crippen molar-refractivity contribution in [2.24, 2.45) is 17.3 Å². The molecule has 5 heteroatoms. The molecule has 0 spiro atoms. The van der Waals surface area contributed by atoms with Crippen LogP contribution in [0.1, 0.15) is 19.4 Å². The van der Waals surface area contributed by atoms with Crippen LogP contribution in [0.4, 0.5) is 5.69 Å². The molecule has 19 heavy (non-hydrogen) atoms. The van der Waals surface area contributed by atoms with Gasteiger partial charge in [-0.05, 0) is 36.1 Å². The molecule has 0 heterocycles. The summed E-state index contributed by atoms with van der Waals surface area (Å²) in [7, 11) is 0. The van der Waals surface area contributed by atoms with Gasteiger partial charge in [0.15, 0.2) is 0 Å². The first-order valence-corrected chi connectivity index (χ1v) is 6.84. The third kappa shape index (κ3) is 2.52. The topological polar surface area (TPSA) is 66.4 Å². The van der Waals surface area contributed by atoms with E-state index in [2.05, 4.69) is 21.2 Å². The SMILES string of the molecule is Cc1cc(Br)ccc1NC(=O)C1C(C(=O)O)C1(C)C. The Balaban J connectivity index is 2.13. The number of hydrogen-bond donors (Lipinski definition) is 2. The Labute approximate surface area is 120 Å². The highest BCUT2D eigenvalue weighted by molar-refractivity contribution is 9.10. The molecule has 1 amide bonds. The molecule has 1 saturated carbocycles. The highest BCUT2D eigenvalue weighted by Gasteiger charge is 2.65. The Morgan fingerprint density at radius 3 is 2.42 bits per heavy atom. The van der Waals surface area contributed by atoms with Gasteiger partial charge >= 0.3 is 5.97 Å². The minimum Gasteiger partial charge on any atom is -0.481 e. The van der Waals surface area contributed by atoms with Crippen molar-refractivity contribution in [1.29, 1.82) is 0 Å². The number of halogens is 1. The van der Waals surface area contributed by atoms with Crippen LogP contribution in [0.15, 0.2) is 22.7 Å². The second-order valence-electron chi connectivity index (χ2n) is 5.56. The first kappa shape index (κ1) is 14.1. The van der Waals surface area contributed by atoms with Gasteiger partial charge in [-0.1, -0.05) is 29.8 Å². The Hall–Kier alpha value is -1.36. The number of hydrogen-bond acceptors (Lipinski definition) is 2. The molecular formula is C14H16BrNO3. The monoisotopic (exact) mass is 325 g/mol. The van der Waals surface area contributed by atoms with E-state index in [1.807, 2.05) is 39.0 Å². The Morgan fingerprint density at radius 1 is 1.32 bits per heavy atom. The van der Waals surface area contributed by atoms with Crippen molar-refractivity contribution in [3.63, 3.8) is 0 Å². The summed E-state index contributed by atoms with van der Waals surface area (Å²) in [6.45, 7) is 5.52. The predicted molar refractivity (Wildman–Crippen MR) is 75.9 cm³/mol. The van der Waals surface area contributed by atoms with Crippen LogP contribution < -0.4 is 5.32 Å². The van der Waals surface area contributed by atoms with Crippen molar-refractivity contribution in [2.45, 2.75) is 20.8 Å². The van der Waals surface area contributed by atoms with Gasteiger partial charge in [0.25, 0.3) is 0 Å². The van der Waals surface area contributed by atoms with Crippen molar-refractivity contribution >= 4 is 33.5 Å². The fourth-order valence-corrected chi connectivity index (χ4v) is 3.04. The maximum Gasteiger partial charge on any atom is 0.307 e. The van der Waals surface area contributed by atoms with E-state index < -0.39 is 23.2 Å². The molecule has 102 valence electrons. The standard InChI is InChI=1S/C14H16BrNO3/c1-7-6-8(15)4-5-9(7)16-12(17)10-11(13(18)19)14(10,2)3/h4-6,10-11H,1-3H3,(H,16,17)(H,18,19). The van der Waals surface area contributed by atoms with Gasteiger partial charge in [0, 0.05) is 10.2 Å². The van der Waals surface area contributed by atoms with Crippen molar-refractivity contribution < 1.29 is 14.7 Å². The lowest BCUT2D eigenvalue weighted by Crippen LogP contribution is -2.18. The molecule has 0 aliphatic heterocycles. The second kappa shape index (κ2) is 4.63. The fraction of sp³-hybridized carbons (Fsp3) is 0.429. The van der Waals surface area contributed by atoms with Gasteiger partial charge < -0.3 is 10.4 Å². The zero-order valence-corrected chi connectivity index (χ0v) is 12.6. The Morgan fingerprint density at radius 2 is 1.95 bits per heavy atom. The predicted octanol–water partition coefficient (Wildman–Crippen LogP) is 3.05. The lowest BCUT2D eigenvalue weighted by Gasteiger charge is -2.09. The summed E-state index contributed by atoms with van der Waals surface area (Å²) in [5.41, 5.74) is 1.19. The van der Waals surface area contributed by atoms with Crippen LogP contribution in [-0.2, 0) is 9.59 Å². The lowest BCUT2D eigenvalue weighted by molar-refractivity contribution is -0.140. The fourth-order valence-electron chi connectivity index (χ4n) is 2.57. The van der Waals surface area contributed by atoms with Gasteiger partial charge in [0.1, 0.15) is 0 Å². The zero-order valence-electron chi connectivity index (χ0n) is 11.0. The van der Waals surface area contributed by atoms with E-state index in [0.717, 1.165) is 15.7 Å². The maximum absolute atomic E-state index is 12.2. The lowest BCUT2D eigenvalue weighted by atomic mass is 10.1. The van der Waals surface area contributed by atoms with Crippen molar-refractivity contribution in [3.05, 3.63) is 28.2 Å². The molecule has 1 aromatic rings. The van der Waals surface area contributed by atoms with Crippen molar-refractivity contribution in [2.75, 3.05) is 5.32 Å². The summed E-state index contributed by atoms with van der Waals surface area (Å²) >= 11 is 3.36. The summed E-state index contributed by atoms with van der Waals surface area (Å²) < 4.78 is 0.943. The van der Waals surface area contributed by atoms with Crippen molar-refractivity contribution in [3.8, 4) is 0 Å². The molecule has 2 atom stereocenters. The van der Waals surface area contributed by atoms with E-state index in [1.165, 1.54) is 0 Å². The van der Waals surface area contributed by atoms with Gasteiger partial charge in [0.05, 0.1) is 11.8 Å². The number of aryl methyl sites for hydroxylation is 1. The van der Waals surface area contributed by atoms with Crippen LogP contribution in [0.3, 0.4) is 0 Å². The molecule has 1 fully saturated rings. The highest BCUT2D eigenvalue weighted by Crippen LogP contribution is 2.58. The summed E-state index contributed by atoms with van der Waals surface area (Å²) in [4.78, 5) is 23.2. The van der Waals surface area contributed by atoms with Gasteiger partial charge in [0.2, 0.25) is 5.91 Å². The molecule has 1 aromatic carbocycles. The Kier molecular flexibility index (Phi) is 3.43. The van der Waals surface area contributed by atoms with E-state index in [-0.39, 0.29) is 5.91 Å². The van der Waals surface area contributed by atoms with E-state index in [9.17, 15) is 9.59 Å². The number of carboxylic acid groups (broad SMARTS) is 1. The summed E-state index contributed by atoms with van der Waals surface area (Å²) in [5.74, 6) is -2.18. The van der Waals surface area contributed by atoms with Crippen LogP contribution >= 0.6 is 15.9 Å². The number of carbonyl (C=O) groups excluding carboxylic acids is 1. The van der Waals surface area contributed by atoms with Crippen LogP contribution in [0.5, 0.6) is 0 Å². The third-order valence-corrected chi connectivity index (χ3v) is 4.32. The number of carbonyl (C=O) groups is 2. The number of carboxylic acids is 1. The molecule has 0 saturated heterocycles. The Bertz CT molecular complexity index is 554. The average Bonchev–Trinajstić information content (AvgIpc) is 2.86. The number of nitrogens with one attached hydrogen (secondary N) is 1. The summed E-state index contributed by atoms with van der Waals surface area (Å²) in [6, 6.07) is 5.56. The molecule has 0 radical (unpaired) electrons. The number of amides is 1. The quantitative estimate of drug-likeness (QED) is 0.897. The number of benzene rings is 1. The zero-order chi connectivity index (χ0) is 14.4. The number of aliphatic carboxylic acids is 1. The highest BCUT2D eigenvalue weighted by atomic mass is 79.9. The summed E-state index contributed by atoms with van der Waals surface area (Å²) in [5, 5.41) is 11.9. The van der Waals surface area contributed by atoms with E-state index in [4.69, 9.17) is 5.11 Å². The van der Waals surface area contributed by atoms with Crippen LogP contribution in [0.25, 0.3) is 0 Å². The minimum atomic E-state index is -0.905. The van der Waals surface area contributed by atoms with Gasteiger partial charge in [-0.15, -0.1) is 0 Å². The molecule has 2 unspecified atom stereocenters. The first-order valence-electron chi connectivity index (χ1n) is 6.05. The molecule has 2 rings (SSSR count). The van der Waals surface area contributed by atoms with E-state index >= 15 is 0 Å². The largest absolute Gasteiger partial charge is 0.481 e. The molecule has 2 N–H and O–H groups in total. The van der Waals surface area contributed by atoms with Crippen molar-refractivity contribution in [1.82, 2.24) is 0 Å². The molecule has 4 nitrogen and oxygen atoms in total. The van der Waals surface area contributed by atoms with Gasteiger partial charge in [-0.25, -0.2) is 0 Å². The number of anilines is 1. The van der Waals surface area contributed by atoms with E-state index in [1.54, 1.807) is 0 Å².